The number of hydrogen-bond donors (Lipinski definition) is 1. The Kier molecular flexibility index (Phi) is 2.94. The molecule has 0 fully saturated rings. The zero-order valence-corrected chi connectivity index (χ0v) is 9.16. The Hall–Kier alpha value is -1.78. The Bertz CT molecular complexity index is 385. The van der Waals surface area contributed by atoms with E-state index < -0.39 is 5.97 Å². The van der Waals surface area contributed by atoms with Gasteiger partial charge >= 0.3 is 5.97 Å². The molecule has 1 N–H and O–H groups in total. The first kappa shape index (κ1) is 10.7. The molecule has 0 aromatic carbocycles. The van der Waals surface area contributed by atoms with E-state index in [1.165, 1.54) is 6.20 Å². The van der Waals surface area contributed by atoms with E-state index in [0.29, 0.717) is 6.54 Å². The van der Waals surface area contributed by atoms with Gasteiger partial charge in [0.25, 0.3) is 5.91 Å². The van der Waals surface area contributed by atoms with Gasteiger partial charge in [0.15, 0.2) is 0 Å². The first-order chi connectivity index (χ1) is 7.74. The van der Waals surface area contributed by atoms with Gasteiger partial charge in [-0.3, -0.25) is 9.69 Å². The Morgan fingerprint density at radius 2 is 2.44 bits per heavy atom. The predicted molar refractivity (Wildman–Crippen MR) is 56.9 cm³/mol. The molecule has 0 unspecified atom stereocenters. The van der Waals surface area contributed by atoms with Crippen molar-refractivity contribution in [2.45, 2.75) is 19.8 Å². The van der Waals surface area contributed by atoms with Crippen LogP contribution in [0.15, 0.2) is 23.7 Å². The van der Waals surface area contributed by atoms with Crippen LogP contribution in [0.4, 0.5) is 0 Å². The average Bonchev–Trinajstić information content (AvgIpc) is 2.30. The summed E-state index contributed by atoms with van der Waals surface area (Å²) in [5, 5.41) is 2.94. The molecule has 2 aliphatic heterocycles. The number of allylic oxidation sites excluding steroid dienone is 1. The largest absolute Gasteiger partial charge is 0.462 e. The number of ether oxygens (including phenoxy) is 1. The number of nitrogens with zero attached hydrogens (tertiary/aromatic N) is 1. The molecule has 0 spiro atoms. The highest BCUT2D eigenvalue weighted by Gasteiger charge is 2.31. The van der Waals surface area contributed by atoms with Gasteiger partial charge in [-0.2, -0.15) is 0 Å². The summed E-state index contributed by atoms with van der Waals surface area (Å²) in [6, 6.07) is 0. The van der Waals surface area contributed by atoms with Crippen molar-refractivity contribution in [1.29, 1.82) is 0 Å². The first-order valence-electron chi connectivity index (χ1n) is 5.40. The standard InChI is InChI=1S/C11H14N2O3/c1-2-16-11(15)8-7-12-9-5-3-4-6-13(9)10(8)14/h5,7,12H,2-4,6H2,1H3. The molecule has 0 aromatic rings. The monoisotopic (exact) mass is 222 g/mol. The SMILES string of the molecule is CCOC(=O)C1=CNC2=CCCCN2C1=O. The van der Waals surface area contributed by atoms with E-state index in [-0.39, 0.29) is 18.1 Å². The van der Waals surface area contributed by atoms with Gasteiger partial charge in [0.2, 0.25) is 0 Å². The number of carbonyl (C=O) groups is 2. The number of hydrogen-bond acceptors (Lipinski definition) is 4. The molecule has 0 aliphatic carbocycles. The summed E-state index contributed by atoms with van der Waals surface area (Å²) in [5.41, 5.74) is 0.0703. The minimum atomic E-state index is -0.565. The van der Waals surface area contributed by atoms with Gasteiger partial charge in [-0.1, -0.05) is 0 Å². The summed E-state index contributed by atoms with van der Waals surface area (Å²) < 4.78 is 4.82. The van der Waals surface area contributed by atoms with Crippen LogP contribution in [0.1, 0.15) is 19.8 Å². The molecule has 5 heteroatoms. The fourth-order valence-corrected chi connectivity index (χ4v) is 1.77. The van der Waals surface area contributed by atoms with Crippen LogP contribution in [0, 0.1) is 0 Å². The summed E-state index contributed by atoms with van der Waals surface area (Å²) in [5.74, 6) is -0.0722. The predicted octanol–water partition coefficient (Wildman–Crippen LogP) is 0.500. The molecule has 0 radical (unpaired) electrons. The molecule has 0 bridgehead atoms. The summed E-state index contributed by atoms with van der Waals surface area (Å²) >= 11 is 0. The van der Waals surface area contributed by atoms with Crippen LogP contribution in [0.5, 0.6) is 0 Å². The summed E-state index contributed by atoms with van der Waals surface area (Å²) in [4.78, 5) is 25.0. The van der Waals surface area contributed by atoms with Gasteiger partial charge in [0.1, 0.15) is 11.4 Å². The van der Waals surface area contributed by atoms with Gasteiger partial charge in [-0.15, -0.1) is 0 Å². The zero-order chi connectivity index (χ0) is 11.5. The van der Waals surface area contributed by atoms with Crippen molar-refractivity contribution >= 4 is 11.9 Å². The highest BCUT2D eigenvalue weighted by atomic mass is 16.5. The smallest absolute Gasteiger partial charge is 0.345 e. The first-order valence-corrected chi connectivity index (χ1v) is 5.40. The van der Waals surface area contributed by atoms with Crippen molar-refractivity contribution in [3.63, 3.8) is 0 Å². The van der Waals surface area contributed by atoms with E-state index in [1.54, 1.807) is 11.8 Å². The van der Waals surface area contributed by atoms with E-state index in [0.717, 1.165) is 18.7 Å². The topological polar surface area (TPSA) is 58.6 Å². The minimum Gasteiger partial charge on any atom is -0.462 e. The molecule has 0 saturated carbocycles. The molecule has 0 saturated heterocycles. The van der Waals surface area contributed by atoms with Gasteiger partial charge in [0, 0.05) is 12.7 Å². The van der Waals surface area contributed by atoms with Crippen LogP contribution in [-0.4, -0.2) is 29.9 Å². The second-order valence-corrected chi connectivity index (χ2v) is 3.61. The van der Waals surface area contributed by atoms with Crippen molar-refractivity contribution in [1.82, 2.24) is 10.2 Å². The quantitative estimate of drug-likeness (QED) is 0.546. The number of esters is 1. The second kappa shape index (κ2) is 4.38. The molecule has 16 heavy (non-hydrogen) atoms. The zero-order valence-electron chi connectivity index (χ0n) is 9.16. The molecule has 2 heterocycles. The number of rotatable bonds is 2. The minimum absolute atomic E-state index is 0.0703. The summed E-state index contributed by atoms with van der Waals surface area (Å²) in [6.07, 6.45) is 5.26. The fourth-order valence-electron chi connectivity index (χ4n) is 1.77. The molecule has 2 aliphatic rings. The number of fused-ring (bicyclic) bond motifs is 1. The Morgan fingerprint density at radius 1 is 1.62 bits per heavy atom. The maximum Gasteiger partial charge on any atom is 0.345 e. The molecular weight excluding hydrogens is 208 g/mol. The molecule has 5 nitrogen and oxygen atoms in total. The van der Waals surface area contributed by atoms with E-state index in [2.05, 4.69) is 5.32 Å². The van der Waals surface area contributed by atoms with E-state index in [4.69, 9.17) is 4.74 Å². The molecule has 2 rings (SSSR count). The Balaban J connectivity index is 2.20. The van der Waals surface area contributed by atoms with Crippen molar-refractivity contribution in [3.8, 4) is 0 Å². The lowest BCUT2D eigenvalue weighted by molar-refractivity contribution is -0.142. The third-order valence-electron chi connectivity index (χ3n) is 2.55. The van der Waals surface area contributed by atoms with Gasteiger partial charge in [-0.05, 0) is 25.8 Å². The van der Waals surface area contributed by atoms with E-state index in [1.807, 2.05) is 6.08 Å². The highest BCUT2D eigenvalue weighted by Crippen LogP contribution is 2.19. The molecule has 0 aromatic heterocycles. The average molecular weight is 222 g/mol. The lowest BCUT2D eigenvalue weighted by Gasteiger charge is -2.32. The van der Waals surface area contributed by atoms with Crippen LogP contribution < -0.4 is 5.32 Å². The normalized spacial score (nSPS) is 19.3. The van der Waals surface area contributed by atoms with Gasteiger partial charge < -0.3 is 10.1 Å². The Morgan fingerprint density at radius 3 is 3.19 bits per heavy atom. The lowest BCUT2D eigenvalue weighted by atomic mass is 10.1. The number of carbonyl (C=O) groups excluding carboxylic acids is 2. The molecule has 1 amide bonds. The second-order valence-electron chi connectivity index (χ2n) is 3.61. The Labute approximate surface area is 93.7 Å². The van der Waals surface area contributed by atoms with Crippen LogP contribution in [-0.2, 0) is 14.3 Å². The third-order valence-corrected chi connectivity index (χ3v) is 2.55. The molecular formula is C11H14N2O3. The van der Waals surface area contributed by atoms with Crippen LogP contribution in [0.25, 0.3) is 0 Å². The fraction of sp³-hybridized carbons (Fsp3) is 0.455. The van der Waals surface area contributed by atoms with Gasteiger partial charge in [0.05, 0.1) is 6.61 Å². The molecule has 86 valence electrons. The van der Waals surface area contributed by atoms with E-state index in [9.17, 15) is 9.59 Å². The number of amides is 1. The maximum absolute atomic E-state index is 12.0. The number of nitrogens with one attached hydrogen (secondary N) is 1. The summed E-state index contributed by atoms with van der Waals surface area (Å²) in [7, 11) is 0. The van der Waals surface area contributed by atoms with Crippen molar-refractivity contribution in [2.24, 2.45) is 0 Å². The van der Waals surface area contributed by atoms with Crippen LogP contribution in [0.3, 0.4) is 0 Å². The third kappa shape index (κ3) is 1.80. The maximum atomic E-state index is 12.0. The lowest BCUT2D eigenvalue weighted by Crippen LogP contribution is -2.44. The van der Waals surface area contributed by atoms with Crippen LogP contribution >= 0.6 is 0 Å². The molecule has 0 atom stereocenters. The summed E-state index contributed by atoms with van der Waals surface area (Å²) in [6.45, 7) is 2.63. The van der Waals surface area contributed by atoms with Crippen LogP contribution in [0.2, 0.25) is 0 Å². The van der Waals surface area contributed by atoms with Crippen molar-refractivity contribution < 1.29 is 14.3 Å². The van der Waals surface area contributed by atoms with Crippen molar-refractivity contribution in [3.05, 3.63) is 23.7 Å². The van der Waals surface area contributed by atoms with E-state index >= 15 is 0 Å². The highest BCUT2D eigenvalue weighted by molar-refractivity contribution is 6.17. The van der Waals surface area contributed by atoms with Gasteiger partial charge in [-0.25, -0.2) is 4.79 Å². The van der Waals surface area contributed by atoms with Crippen molar-refractivity contribution in [2.75, 3.05) is 13.2 Å².